The number of rotatable bonds is 8. The Hall–Kier alpha value is -2.26. The molecule has 3 aromatic carbocycles. The van der Waals surface area contributed by atoms with Crippen molar-refractivity contribution in [1.29, 1.82) is 0 Å². The van der Waals surface area contributed by atoms with E-state index in [1.54, 1.807) is 24.3 Å². The monoisotopic (exact) mass is 556 g/mol. The molecule has 0 radical (unpaired) electrons. The maximum Gasteiger partial charge on any atom is 0.261 e. The Balaban J connectivity index is 1.61. The molecule has 6 nitrogen and oxygen atoms in total. The standard InChI is InChI=1S/C22H19BrCl2N2O4S/c1-14(15-3-2-4-16(23)11-15)26-22(28)13-31-21-10-9-19(12-20(21)25)32(29,30)27-18-7-5-17(24)6-8-18/h2-12,14,27H,13H2,1H3,(H,26,28). The van der Waals surface area contributed by atoms with E-state index in [9.17, 15) is 13.2 Å². The summed E-state index contributed by atoms with van der Waals surface area (Å²) in [5.74, 6) is -0.142. The molecule has 0 aromatic heterocycles. The van der Waals surface area contributed by atoms with Gasteiger partial charge in [0.1, 0.15) is 5.75 Å². The van der Waals surface area contributed by atoms with Gasteiger partial charge < -0.3 is 10.1 Å². The van der Waals surface area contributed by atoms with Gasteiger partial charge >= 0.3 is 0 Å². The summed E-state index contributed by atoms with van der Waals surface area (Å²) in [6, 6.07) is 17.7. The Labute approximate surface area is 205 Å². The first-order chi connectivity index (χ1) is 15.1. The Bertz CT molecular complexity index is 1220. The van der Waals surface area contributed by atoms with Crippen LogP contribution in [-0.4, -0.2) is 20.9 Å². The number of hydrogen-bond donors (Lipinski definition) is 2. The van der Waals surface area contributed by atoms with Crippen LogP contribution >= 0.6 is 39.1 Å². The highest BCUT2D eigenvalue weighted by Gasteiger charge is 2.17. The molecule has 0 aliphatic heterocycles. The third-order valence-electron chi connectivity index (χ3n) is 4.40. The summed E-state index contributed by atoms with van der Waals surface area (Å²) in [5.41, 5.74) is 1.30. The first kappa shape index (κ1) is 24.4. The van der Waals surface area contributed by atoms with E-state index in [1.807, 2.05) is 31.2 Å². The lowest BCUT2D eigenvalue weighted by Gasteiger charge is -2.15. The van der Waals surface area contributed by atoms with E-state index in [2.05, 4.69) is 26.0 Å². The molecule has 168 valence electrons. The second kappa shape index (κ2) is 10.6. The lowest BCUT2D eigenvalue weighted by molar-refractivity contribution is -0.123. The number of carbonyl (C=O) groups is 1. The molecule has 0 fully saturated rings. The molecule has 0 saturated heterocycles. The molecule has 3 aromatic rings. The predicted molar refractivity (Wildman–Crippen MR) is 130 cm³/mol. The zero-order valence-corrected chi connectivity index (χ0v) is 20.7. The van der Waals surface area contributed by atoms with Crippen LogP contribution in [0.4, 0.5) is 5.69 Å². The summed E-state index contributed by atoms with van der Waals surface area (Å²) in [5, 5.41) is 3.40. The number of amides is 1. The highest BCUT2D eigenvalue weighted by molar-refractivity contribution is 9.10. The van der Waals surface area contributed by atoms with Gasteiger partial charge in [-0.2, -0.15) is 0 Å². The molecule has 1 atom stereocenters. The molecule has 0 bridgehead atoms. The van der Waals surface area contributed by atoms with Gasteiger partial charge in [0.2, 0.25) is 0 Å². The Kier molecular flexibility index (Phi) is 8.05. The van der Waals surface area contributed by atoms with Crippen molar-refractivity contribution in [3.05, 3.63) is 86.8 Å². The lowest BCUT2D eigenvalue weighted by Crippen LogP contribution is -2.31. The second-order valence-electron chi connectivity index (χ2n) is 6.84. The Morgan fingerprint density at radius 2 is 1.78 bits per heavy atom. The second-order valence-corrected chi connectivity index (χ2v) is 10.3. The summed E-state index contributed by atoms with van der Waals surface area (Å²) in [7, 11) is -3.86. The highest BCUT2D eigenvalue weighted by atomic mass is 79.9. The van der Waals surface area contributed by atoms with Crippen molar-refractivity contribution in [3.63, 3.8) is 0 Å². The summed E-state index contributed by atoms with van der Waals surface area (Å²) in [4.78, 5) is 12.2. The van der Waals surface area contributed by atoms with Gasteiger partial charge in [0, 0.05) is 15.2 Å². The predicted octanol–water partition coefficient (Wildman–Crippen LogP) is 5.81. The molecule has 1 unspecified atom stereocenters. The third kappa shape index (κ3) is 6.62. The SMILES string of the molecule is CC(NC(=O)COc1ccc(S(=O)(=O)Nc2ccc(Cl)cc2)cc1Cl)c1cccc(Br)c1. The largest absolute Gasteiger partial charge is 0.482 e. The highest BCUT2D eigenvalue weighted by Crippen LogP contribution is 2.28. The number of hydrogen-bond acceptors (Lipinski definition) is 4. The van der Waals surface area contributed by atoms with Gasteiger partial charge in [0.25, 0.3) is 15.9 Å². The summed E-state index contributed by atoms with van der Waals surface area (Å²) in [6.45, 7) is 1.59. The summed E-state index contributed by atoms with van der Waals surface area (Å²) >= 11 is 15.4. The Morgan fingerprint density at radius 1 is 1.06 bits per heavy atom. The minimum Gasteiger partial charge on any atom is -0.482 e. The van der Waals surface area contributed by atoms with E-state index in [-0.39, 0.29) is 34.2 Å². The van der Waals surface area contributed by atoms with Crippen LogP contribution in [0.5, 0.6) is 5.75 Å². The number of benzene rings is 3. The van der Waals surface area contributed by atoms with Gasteiger partial charge in [0.05, 0.1) is 16.0 Å². The van der Waals surface area contributed by atoms with E-state index in [1.165, 1.54) is 18.2 Å². The van der Waals surface area contributed by atoms with Gasteiger partial charge in [0.15, 0.2) is 6.61 Å². The average Bonchev–Trinajstić information content (AvgIpc) is 2.74. The van der Waals surface area contributed by atoms with Crippen molar-refractivity contribution < 1.29 is 17.9 Å². The quantitative estimate of drug-likeness (QED) is 0.366. The molecular weight excluding hydrogens is 539 g/mol. The first-order valence-electron chi connectivity index (χ1n) is 9.39. The van der Waals surface area contributed by atoms with Crippen LogP contribution < -0.4 is 14.8 Å². The molecule has 2 N–H and O–H groups in total. The number of ether oxygens (including phenoxy) is 1. The normalized spacial score (nSPS) is 12.1. The van der Waals surface area contributed by atoms with Crippen molar-refractivity contribution in [3.8, 4) is 5.75 Å². The van der Waals surface area contributed by atoms with Crippen molar-refractivity contribution in [1.82, 2.24) is 5.32 Å². The zero-order valence-electron chi connectivity index (χ0n) is 16.8. The van der Waals surface area contributed by atoms with Gasteiger partial charge in [-0.15, -0.1) is 0 Å². The average molecular weight is 558 g/mol. The fourth-order valence-corrected chi connectivity index (χ4v) is 4.71. The maximum atomic E-state index is 12.6. The van der Waals surface area contributed by atoms with Crippen LogP contribution in [0.3, 0.4) is 0 Å². The van der Waals surface area contributed by atoms with Crippen molar-refractivity contribution in [2.75, 3.05) is 11.3 Å². The van der Waals surface area contributed by atoms with Crippen LogP contribution in [0.1, 0.15) is 18.5 Å². The molecule has 10 heteroatoms. The summed E-state index contributed by atoms with van der Waals surface area (Å²) in [6.07, 6.45) is 0. The lowest BCUT2D eigenvalue weighted by atomic mass is 10.1. The van der Waals surface area contributed by atoms with E-state index < -0.39 is 10.0 Å². The maximum absolute atomic E-state index is 12.6. The minimum absolute atomic E-state index is 0.0440. The number of halogens is 3. The number of nitrogens with one attached hydrogen (secondary N) is 2. The molecule has 0 spiro atoms. The van der Waals surface area contributed by atoms with Gasteiger partial charge in [-0.05, 0) is 67.1 Å². The molecular formula is C22H19BrCl2N2O4S. The van der Waals surface area contributed by atoms with Crippen LogP contribution in [0.25, 0.3) is 0 Å². The Morgan fingerprint density at radius 3 is 2.44 bits per heavy atom. The van der Waals surface area contributed by atoms with E-state index in [0.29, 0.717) is 10.7 Å². The molecule has 0 aliphatic rings. The van der Waals surface area contributed by atoms with Crippen LogP contribution in [0.15, 0.2) is 76.1 Å². The number of carbonyl (C=O) groups excluding carboxylic acids is 1. The van der Waals surface area contributed by atoms with Crippen LogP contribution in [-0.2, 0) is 14.8 Å². The first-order valence-corrected chi connectivity index (χ1v) is 12.4. The van der Waals surface area contributed by atoms with Gasteiger partial charge in [-0.1, -0.05) is 51.3 Å². The van der Waals surface area contributed by atoms with Crippen LogP contribution in [0.2, 0.25) is 10.0 Å². The molecule has 0 heterocycles. The van der Waals surface area contributed by atoms with Crippen molar-refractivity contribution >= 4 is 60.7 Å². The molecule has 3 rings (SSSR count). The van der Waals surface area contributed by atoms with E-state index in [0.717, 1.165) is 10.0 Å². The summed E-state index contributed by atoms with van der Waals surface area (Å²) < 4.78 is 34.0. The number of anilines is 1. The topological polar surface area (TPSA) is 84.5 Å². The molecule has 0 saturated carbocycles. The van der Waals surface area contributed by atoms with Crippen molar-refractivity contribution in [2.45, 2.75) is 17.9 Å². The fraction of sp³-hybridized carbons (Fsp3) is 0.136. The third-order valence-corrected chi connectivity index (χ3v) is 6.81. The molecule has 1 amide bonds. The van der Waals surface area contributed by atoms with Gasteiger partial charge in [-0.25, -0.2) is 8.42 Å². The fourth-order valence-electron chi connectivity index (χ4n) is 2.78. The molecule has 32 heavy (non-hydrogen) atoms. The molecule has 0 aliphatic carbocycles. The number of sulfonamides is 1. The van der Waals surface area contributed by atoms with Crippen LogP contribution in [0, 0.1) is 0 Å². The van der Waals surface area contributed by atoms with Crippen molar-refractivity contribution in [2.24, 2.45) is 0 Å². The smallest absolute Gasteiger partial charge is 0.261 e. The zero-order chi connectivity index (χ0) is 23.3. The minimum atomic E-state index is -3.86. The van der Waals surface area contributed by atoms with Gasteiger partial charge in [-0.3, -0.25) is 9.52 Å². The van der Waals surface area contributed by atoms with E-state index in [4.69, 9.17) is 27.9 Å². The van der Waals surface area contributed by atoms with E-state index >= 15 is 0 Å².